The molecule has 4 rings (SSSR count). The number of aromatic amines is 1. The highest BCUT2D eigenvalue weighted by Crippen LogP contribution is 2.28. The molecule has 0 bridgehead atoms. The minimum Gasteiger partial charge on any atom is -0.321 e. The van der Waals surface area contributed by atoms with E-state index in [1.165, 1.54) is 36.2 Å². The summed E-state index contributed by atoms with van der Waals surface area (Å²) in [5.41, 5.74) is 2.44. The van der Waals surface area contributed by atoms with Crippen LogP contribution in [0.2, 0.25) is 0 Å². The van der Waals surface area contributed by atoms with Crippen LogP contribution in [-0.2, 0) is 6.54 Å². The first-order chi connectivity index (χ1) is 13.9. The van der Waals surface area contributed by atoms with Gasteiger partial charge in [0.05, 0.1) is 10.3 Å². The van der Waals surface area contributed by atoms with Crippen LogP contribution in [-0.4, -0.2) is 33.4 Å². The van der Waals surface area contributed by atoms with Crippen LogP contribution in [0.1, 0.15) is 52.8 Å². The quantitative estimate of drug-likeness (QED) is 0.675. The van der Waals surface area contributed by atoms with Crippen LogP contribution in [0.4, 0.5) is 5.69 Å². The lowest BCUT2D eigenvalue weighted by atomic mass is 10.0. The molecule has 3 heterocycles. The van der Waals surface area contributed by atoms with Crippen molar-refractivity contribution >= 4 is 33.1 Å². The van der Waals surface area contributed by atoms with E-state index in [4.69, 9.17) is 0 Å². The summed E-state index contributed by atoms with van der Waals surface area (Å²) in [7, 11) is 0. The first-order valence-corrected chi connectivity index (χ1v) is 10.9. The molecule has 1 fully saturated rings. The molecule has 1 saturated heterocycles. The number of H-pyrrole nitrogens is 1. The second-order valence-corrected chi connectivity index (χ2v) is 8.86. The molecule has 1 atom stereocenters. The fraction of sp³-hybridized carbons (Fsp3) is 0.409. The molecule has 0 spiro atoms. The average molecular weight is 411 g/mol. The molecule has 0 radical (unpaired) electrons. The van der Waals surface area contributed by atoms with E-state index in [1.807, 2.05) is 18.2 Å². The van der Waals surface area contributed by atoms with Crippen LogP contribution < -0.4 is 10.9 Å². The topological polar surface area (TPSA) is 78.1 Å². The molecule has 2 N–H and O–H groups in total. The molecule has 1 aliphatic heterocycles. The number of thiophene rings is 1. The first-order valence-electron chi connectivity index (χ1n) is 10.1. The van der Waals surface area contributed by atoms with Crippen molar-refractivity contribution in [3.63, 3.8) is 0 Å². The van der Waals surface area contributed by atoms with Gasteiger partial charge >= 0.3 is 0 Å². The lowest BCUT2D eigenvalue weighted by molar-refractivity contribution is 0.103. The molecular weight excluding hydrogens is 384 g/mol. The number of aromatic nitrogens is 2. The number of carbonyl (C=O) groups excluding carboxylic acids is 1. The molecule has 0 unspecified atom stereocenters. The second kappa shape index (κ2) is 8.08. The second-order valence-electron chi connectivity index (χ2n) is 7.86. The molecule has 29 heavy (non-hydrogen) atoms. The van der Waals surface area contributed by atoms with E-state index in [1.54, 1.807) is 13.8 Å². The zero-order chi connectivity index (χ0) is 20.5. The van der Waals surface area contributed by atoms with Crippen molar-refractivity contribution < 1.29 is 4.79 Å². The number of amides is 1. The van der Waals surface area contributed by atoms with E-state index in [9.17, 15) is 9.59 Å². The highest BCUT2D eigenvalue weighted by molar-refractivity contribution is 7.20. The van der Waals surface area contributed by atoms with Gasteiger partial charge in [0.15, 0.2) is 0 Å². The number of benzene rings is 1. The summed E-state index contributed by atoms with van der Waals surface area (Å²) in [6.45, 7) is 7.84. The van der Waals surface area contributed by atoms with Crippen molar-refractivity contribution in [1.29, 1.82) is 0 Å². The fourth-order valence-electron chi connectivity index (χ4n) is 4.03. The Morgan fingerprint density at radius 1 is 1.34 bits per heavy atom. The SMILES string of the molecule is Cc1nc2sc(C(=O)Nc3cccc(CN4CCCC[C@@H]4C)c3)c(C)c2c(=O)[nH]1. The van der Waals surface area contributed by atoms with Crippen molar-refractivity contribution in [2.75, 3.05) is 11.9 Å². The molecule has 6 nitrogen and oxygen atoms in total. The van der Waals surface area contributed by atoms with Gasteiger partial charge in [-0.1, -0.05) is 18.6 Å². The maximum Gasteiger partial charge on any atom is 0.266 e. The Kier molecular flexibility index (Phi) is 5.52. The molecule has 2 aromatic heterocycles. The number of fused-ring (bicyclic) bond motifs is 1. The molecule has 1 aliphatic rings. The van der Waals surface area contributed by atoms with E-state index in [-0.39, 0.29) is 11.5 Å². The van der Waals surface area contributed by atoms with E-state index < -0.39 is 0 Å². The van der Waals surface area contributed by atoms with E-state index >= 15 is 0 Å². The van der Waals surface area contributed by atoms with E-state index in [0.29, 0.717) is 32.5 Å². The highest BCUT2D eigenvalue weighted by atomic mass is 32.1. The Hall–Kier alpha value is -2.51. The Bertz CT molecular complexity index is 1120. The number of likely N-dealkylation sites (tertiary alicyclic amines) is 1. The van der Waals surface area contributed by atoms with Crippen molar-refractivity contribution in [2.24, 2.45) is 0 Å². The van der Waals surface area contributed by atoms with Gasteiger partial charge in [0.1, 0.15) is 10.7 Å². The third kappa shape index (κ3) is 4.11. The fourth-order valence-corrected chi connectivity index (χ4v) is 5.15. The largest absolute Gasteiger partial charge is 0.321 e. The van der Waals surface area contributed by atoms with Gasteiger partial charge in [0.2, 0.25) is 0 Å². The number of nitrogens with zero attached hydrogens (tertiary/aromatic N) is 2. The maximum absolute atomic E-state index is 12.9. The predicted octanol–water partition coefficient (Wildman–Crippen LogP) is 4.23. The number of hydrogen-bond acceptors (Lipinski definition) is 5. The summed E-state index contributed by atoms with van der Waals surface area (Å²) in [5.74, 6) is 0.349. The smallest absolute Gasteiger partial charge is 0.266 e. The molecular formula is C22H26N4O2S. The Morgan fingerprint density at radius 3 is 2.97 bits per heavy atom. The third-order valence-electron chi connectivity index (χ3n) is 5.64. The number of nitrogens with one attached hydrogen (secondary N) is 2. The van der Waals surface area contributed by atoms with Crippen LogP contribution >= 0.6 is 11.3 Å². The lowest BCUT2D eigenvalue weighted by Crippen LogP contribution is -2.36. The summed E-state index contributed by atoms with van der Waals surface area (Å²) < 4.78 is 0. The highest BCUT2D eigenvalue weighted by Gasteiger charge is 2.20. The van der Waals surface area contributed by atoms with Gasteiger partial charge in [-0.3, -0.25) is 14.5 Å². The van der Waals surface area contributed by atoms with E-state index in [0.717, 1.165) is 18.8 Å². The molecule has 0 saturated carbocycles. The van der Waals surface area contributed by atoms with Gasteiger partial charge in [-0.15, -0.1) is 11.3 Å². The minimum atomic E-state index is -0.203. The van der Waals surface area contributed by atoms with Gasteiger partial charge < -0.3 is 10.3 Å². The van der Waals surface area contributed by atoms with Gasteiger partial charge in [0, 0.05) is 18.3 Å². The Balaban J connectivity index is 1.54. The monoisotopic (exact) mass is 410 g/mol. The Morgan fingerprint density at radius 2 is 2.17 bits per heavy atom. The van der Waals surface area contributed by atoms with Gasteiger partial charge in [-0.25, -0.2) is 4.98 Å². The summed E-state index contributed by atoms with van der Waals surface area (Å²) in [6, 6.07) is 8.62. The minimum absolute atomic E-state index is 0.196. The van der Waals surface area contributed by atoms with Crippen LogP contribution in [0.5, 0.6) is 0 Å². The molecule has 3 aromatic rings. The van der Waals surface area contributed by atoms with Crippen molar-refractivity contribution in [1.82, 2.24) is 14.9 Å². The van der Waals surface area contributed by atoms with Crippen LogP contribution in [0.25, 0.3) is 10.2 Å². The zero-order valence-corrected chi connectivity index (χ0v) is 17.9. The molecule has 1 aromatic carbocycles. The Labute approximate surface area is 174 Å². The number of hydrogen-bond donors (Lipinski definition) is 2. The molecule has 0 aliphatic carbocycles. The van der Waals surface area contributed by atoms with Crippen molar-refractivity contribution in [3.8, 4) is 0 Å². The van der Waals surface area contributed by atoms with Crippen molar-refractivity contribution in [2.45, 2.75) is 52.6 Å². The van der Waals surface area contributed by atoms with Crippen LogP contribution in [0.15, 0.2) is 29.1 Å². The standard InChI is InChI=1S/C22H26N4O2S/c1-13-7-4-5-10-26(13)12-16-8-6-9-17(11-16)25-21(28)19-14(2)18-20(27)23-15(3)24-22(18)29-19/h6,8-9,11,13H,4-5,7,10,12H2,1-3H3,(H,25,28)(H,23,24,27)/t13-/m0/s1. The number of aryl methyl sites for hydroxylation is 2. The molecule has 152 valence electrons. The number of anilines is 1. The third-order valence-corrected chi connectivity index (χ3v) is 6.82. The number of rotatable bonds is 4. The summed E-state index contributed by atoms with van der Waals surface area (Å²) in [5, 5.41) is 3.49. The lowest BCUT2D eigenvalue weighted by Gasteiger charge is -2.33. The summed E-state index contributed by atoms with van der Waals surface area (Å²) in [4.78, 5) is 35.9. The van der Waals surface area contributed by atoms with E-state index in [2.05, 4.69) is 33.2 Å². The summed E-state index contributed by atoms with van der Waals surface area (Å²) >= 11 is 1.26. The average Bonchev–Trinajstić information content (AvgIpc) is 3.00. The van der Waals surface area contributed by atoms with Gasteiger partial charge in [-0.05, 0) is 63.4 Å². The predicted molar refractivity (Wildman–Crippen MR) is 118 cm³/mol. The van der Waals surface area contributed by atoms with Gasteiger partial charge in [0.25, 0.3) is 11.5 Å². The zero-order valence-electron chi connectivity index (χ0n) is 17.0. The number of piperidine rings is 1. The molecule has 7 heteroatoms. The normalized spacial score (nSPS) is 17.6. The maximum atomic E-state index is 12.9. The van der Waals surface area contributed by atoms with Crippen molar-refractivity contribution in [3.05, 3.63) is 56.4 Å². The van der Waals surface area contributed by atoms with Crippen LogP contribution in [0, 0.1) is 13.8 Å². The van der Waals surface area contributed by atoms with Crippen LogP contribution in [0.3, 0.4) is 0 Å². The molecule has 1 amide bonds. The van der Waals surface area contributed by atoms with Gasteiger partial charge in [-0.2, -0.15) is 0 Å². The number of carbonyl (C=O) groups is 1. The first kappa shape index (κ1) is 19.8. The summed E-state index contributed by atoms with van der Waals surface area (Å²) in [6.07, 6.45) is 3.80.